The molecule has 1 fully saturated rings. The Balaban J connectivity index is 2.05. The van der Waals surface area contributed by atoms with Gasteiger partial charge in [0.15, 0.2) is 0 Å². The van der Waals surface area contributed by atoms with E-state index in [0.29, 0.717) is 6.54 Å². The molecule has 0 spiro atoms. The van der Waals surface area contributed by atoms with E-state index in [2.05, 4.69) is 5.32 Å². The van der Waals surface area contributed by atoms with E-state index in [1.165, 1.54) is 32.1 Å². The van der Waals surface area contributed by atoms with Crippen LogP contribution in [0, 0.1) is 5.92 Å². The fourth-order valence-corrected chi connectivity index (χ4v) is 1.93. The summed E-state index contributed by atoms with van der Waals surface area (Å²) in [6, 6.07) is -0.543. The van der Waals surface area contributed by atoms with Crippen molar-refractivity contribution in [2.45, 2.75) is 38.1 Å². The van der Waals surface area contributed by atoms with Gasteiger partial charge in [0.1, 0.15) is 0 Å². The highest BCUT2D eigenvalue weighted by Crippen LogP contribution is 2.22. The summed E-state index contributed by atoms with van der Waals surface area (Å²) in [7, 11) is 0. The van der Waals surface area contributed by atoms with Crippen molar-refractivity contribution < 1.29 is 4.79 Å². The third-order valence-corrected chi connectivity index (χ3v) is 2.89. The second-order valence-electron chi connectivity index (χ2n) is 4.17. The van der Waals surface area contributed by atoms with Crippen molar-refractivity contribution in [1.82, 2.24) is 5.32 Å². The third-order valence-electron chi connectivity index (χ3n) is 2.89. The van der Waals surface area contributed by atoms with Crippen molar-refractivity contribution in [2.24, 2.45) is 17.4 Å². The summed E-state index contributed by atoms with van der Waals surface area (Å²) >= 11 is 0. The number of rotatable bonds is 5. The molecule has 1 aliphatic rings. The summed E-state index contributed by atoms with van der Waals surface area (Å²) in [4.78, 5) is 10.6. The Morgan fingerprint density at radius 2 is 2.00 bits per heavy atom. The lowest BCUT2D eigenvalue weighted by atomic mass is 9.89. The number of nitrogens with two attached hydrogens (primary N) is 2. The molecule has 1 aliphatic carbocycles. The molecular weight excluding hydrogens is 178 g/mol. The number of nitrogens with one attached hydrogen (secondary N) is 1. The topological polar surface area (TPSA) is 81.1 Å². The first kappa shape index (κ1) is 11.5. The molecule has 14 heavy (non-hydrogen) atoms. The summed E-state index contributed by atoms with van der Waals surface area (Å²) in [5, 5.41) is 3.21. The minimum Gasteiger partial charge on any atom is -0.368 e. The van der Waals surface area contributed by atoms with E-state index in [1.807, 2.05) is 0 Å². The highest BCUT2D eigenvalue weighted by molar-refractivity contribution is 5.79. The molecule has 4 heteroatoms. The Labute approximate surface area is 85.4 Å². The Kier molecular flexibility index (Phi) is 4.90. The molecule has 0 aromatic rings. The molecule has 0 aromatic carbocycles. The summed E-state index contributed by atoms with van der Waals surface area (Å²) in [5.41, 5.74) is 10.5. The summed E-state index contributed by atoms with van der Waals surface area (Å²) in [5.74, 6) is 0.338. The van der Waals surface area contributed by atoms with Crippen molar-refractivity contribution in [3.63, 3.8) is 0 Å². The van der Waals surface area contributed by atoms with Crippen LogP contribution in [0.2, 0.25) is 0 Å². The molecule has 1 rings (SSSR count). The van der Waals surface area contributed by atoms with Gasteiger partial charge in [0.05, 0.1) is 6.04 Å². The van der Waals surface area contributed by atoms with E-state index >= 15 is 0 Å². The molecule has 0 aromatic heterocycles. The number of primary amides is 1. The zero-order valence-electron chi connectivity index (χ0n) is 8.67. The number of amides is 1. The lowest BCUT2D eigenvalue weighted by molar-refractivity contribution is -0.119. The van der Waals surface area contributed by atoms with Crippen LogP contribution in [0.15, 0.2) is 0 Å². The van der Waals surface area contributed by atoms with Crippen LogP contribution in [0.4, 0.5) is 0 Å². The average molecular weight is 199 g/mol. The van der Waals surface area contributed by atoms with E-state index in [9.17, 15) is 4.79 Å². The highest BCUT2D eigenvalue weighted by Gasteiger charge is 2.14. The maximum atomic E-state index is 10.6. The maximum absolute atomic E-state index is 10.6. The van der Waals surface area contributed by atoms with Gasteiger partial charge in [-0.1, -0.05) is 19.3 Å². The molecule has 1 unspecified atom stereocenters. The van der Waals surface area contributed by atoms with Gasteiger partial charge >= 0.3 is 0 Å². The Hall–Kier alpha value is -0.610. The Morgan fingerprint density at radius 1 is 1.36 bits per heavy atom. The summed E-state index contributed by atoms with van der Waals surface area (Å²) in [6.45, 7) is 1.48. The van der Waals surface area contributed by atoms with Gasteiger partial charge in [-0.15, -0.1) is 0 Å². The maximum Gasteiger partial charge on any atom is 0.235 e. The van der Waals surface area contributed by atoms with Crippen molar-refractivity contribution >= 4 is 5.91 Å². The van der Waals surface area contributed by atoms with Gasteiger partial charge in [-0.2, -0.15) is 0 Å². The first-order valence-electron chi connectivity index (χ1n) is 5.45. The molecule has 0 bridgehead atoms. The monoisotopic (exact) mass is 199 g/mol. The Bertz CT molecular complexity index is 178. The van der Waals surface area contributed by atoms with E-state index in [1.54, 1.807) is 0 Å². The second kappa shape index (κ2) is 5.98. The van der Waals surface area contributed by atoms with E-state index in [-0.39, 0.29) is 0 Å². The van der Waals surface area contributed by atoms with Crippen LogP contribution in [-0.4, -0.2) is 25.0 Å². The van der Waals surface area contributed by atoms with Crippen LogP contribution >= 0.6 is 0 Å². The number of hydrogen-bond acceptors (Lipinski definition) is 3. The standard InChI is InChI=1S/C10H21N3O/c11-9(10(12)14)7-13-6-8-4-2-1-3-5-8/h8-9,13H,1-7,11H2,(H2,12,14). The minimum atomic E-state index is -0.543. The van der Waals surface area contributed by atoms with Gasteiger partial charge < -0.3 is 16.8 Å². The van der Waals surface area contributed by atoms with Crippen LogP contribution < -0.4 is 16.8 Å². The zero-order valence-corrected chi connectivity index (χ0v) is 8.67. The summed E-state index contributed by atoms with van der Waals surface area (Å²) < 4.78 is 0. The first-order chi connectivity index (χ1) is 6.70. The van der Waals surface area contributed by atoms with Crippen molar-refractivity contribution in [2.75, 3.05) is 13.1 Å². The van der Waals surface area contributed by atoms with Gasteiger partial charge in [-0.05, 0) is 25.3 Å². The van der Waals surface area contributed by atoms with Gasteiger partial charge in [-0.25, -0.2) is 0 Å². The second-order valence-corrected chi connectivity index (χ2v) is 4.17. The van der Waals surface area contributed by atoms with E-state index in [4.69, 9.17) is 11.5 Å². The smallest absolute Gasteiger partial charge is 0.235 e. The molecule has 0 aliphatic heterocycles. The van der Waals surface area contributed by atoms with Gasteiger partial charge in [-0.3, -0.25) is 4.79 Å². The molecular formula is C10H21N3O. The number of carbonyl (C=O) groups is 1. The van der Waals surface area contributed by atoms with Crippen LogP contribution in [0.1, 0.15) is 32.1 Å². The molecule has 1 amide bonds. The molecule has 0 saturated heterocycles. The van der Waals surface area contributed by atoms with E-state index < -0.39 is 11.9 Å². The highest BCUT2D eigenvalue weighted by atomic mass is 16.1. The fraction of sp³-hybridized carbons (Fsp3) is 0.900. The number of carbonyl (C=O) groups excluding carboxylic acids is 1. The average Bonchev–Trinajstić information content (AvgIpc) is 2.19. The normalized spacial score (nSPS) is 20.6. The third kappa shape index (κ3) is 4.07. The lowest BCUT2D eigenvalue weighted by Gasteiger charge is -2.22. The quantitative estimate of drug-likeness (QED) is 0.581. The van der Waals surface area contributed by atoms with Gasteiger partial charge in [0.25, 0.3) is 0 Å². The molecule has 0 radical (unpaired) electrons. The predicted molar refractivity (Wildman–Crippen MR) is 56.6 cm³/mol. The van der Waals surface area contributed by atoms with Gasteiger partial charge in [0, 0.05) is 6.54 Å². The van der Waals surface area contributed by atoms with Crippen molar-refractivity contribution in [3.8, 4) is 0 Å². The minimum absolute atomic E-state index is 0.429. The molecule has 1 atom stereocenters. The Morgan fingerprint density at radius 3 is 2.57 bits per heavy atom. The summed E-state index contributed by atoms with van der Waals surface area (Å²) in [6.07, 6.45) is 6.66. The van der Waals surface area contributed by atoms with Crippen LogP contribution in [-0.2, 0) is 4.79 Å². The first-order valence-corrected chi connectivity index (χ1v) is 5.45. The lowest BCUT2D eigenvalue weighted by Crippen LogP contribution is -2.45. The molecule has 0 heterocycles. The SMILES string of the molecule is NC(=O)C(N)CNCC1CCCCC1. The van der Waals surface area contributed by atoms with Crippen LogP contribution in [0.3, 0.4) is 0 Å². The largest absolute Gasteiger partial charge is 0.368 e. The van der Waals surface area contributed by atoms with E-state index in [0.717, 1.165) is 12.5 Å². The zero-order chi connectivity index (χ0) is 10.4. The molecule has 5 N–H and O–H groups in total. The number of hydrogen-bond donors (Lipinski definition) is 3. The molecule has 4 nitrogen and oxygen atoms in total. The molecule has 1 saturated carbocycles. The molecule has 82 valence electrons. The fourth-order valence-electron chi connectivity index (χ4n) is 1.93. The van der Waals surface area contributed by atoms with Crippen molar-refractivity contribution in [1.29, 1.82) is 0 Å². The van der Waals surface area contributed by atoms with Crippen molar-refractivity contribution in [3.05, 3.63) is 0 Å². The predicted octanol–water partition coefficient (Wildman–Crippen LogP) is -0.0311. The van der Waals surface area contributed by atoms with Crippen LogP contribution in [0.5, 0.6) is 0 Å². The van der Waals surface area contributed by atoms with Gasteiger partial charge in [0.2, 0.25) is 5.91 Å². The van der Waals surface area contributed by atoms with Crippen LogP contribution in [0.25, 0.3) is 0 Å².